The fourth-order valence-electron chi connectivity index (χ4n) is 2.88. The Bertz CT molecular complexity index is 690. The van der Waals surface area contributed by atoms with Crippen LogP contribution in [0.5, 0.6) is 0 Å². The Hall–Kier alpha value is -2.04. The number of esters is 1. The second kappa shape index (κ2) is 7.68. The summed E-state index contributed by atoms with van der Waals surface area (Å²) in [6.45, 7) is 11.5. The van der Waals surface area contributed by atoms with Gasteiger partial charge in [0.05, 0.1) is 5.56 Å². The van der Waals surface area contributed by atoms with Crippen molar-refractivity contribution >= 4 is 12.1 Å². The minimum atomic E-state index is -0.747. The second-order valence-electron chi connectivity index (χ2n) is 8.64. The van der Waals surface area contributed by atoms with Crippen LogP contribution in [0.3, 0.4) is 0 Å². The van der Waals surface area contributed by atoms with Gasteiger partial charge in [-0.15, -0.1) is 0 Å². The van der Waals surface area contributed by atoms with E-state index in [0.717, 1.165) is 6.42 Å². The van der Waals surface area contributed by atoms with Crippen molar-refractivity contribution in [3.63, 3.8) is 0 Å². The molecule has 1 fully saturated rings. The van der Waals surface area contributed by atoms with E-state index in [2.05, 4.69) is 0 Å². The Balaban J connectivity index is 2.25. The third kappa shape index (κ3) is 5.75. The molecule has 2 atom stereocenters. The Labute approximate surface area is 158 Å². The zero-order valence-electron chi connectivity index (χ0n) is 17.7. The molecule has 1 aromatic carbocycles. The topological polar surface area (TPSA) is 55.8 Å². The third-order valence-corrected chi connectivity index (χ3v) is 3.88. The van der Waals surface area contributed by atoms with E-state index >= 15 is 0 Å². The highest BCUT2D eigenvalue weighted by Crippen LogP contribution is 2.26. The van der Waals surface area contributed by atoms with E-state index in [4.69, 9.17) is 10.8 Å². The highest BCUT2D eigenvalue weighted by molar-refractivity contribution is 5.91. The highest BCUT2D eigenvalue weighted by atomic mass is 16.6. The number of carbonyl (C=O) groups excluding carboxylic acids is 2. The van der Waals surface area contributed by atoms with E-state index in [1.54, 1.807) is 29.2 Å². The van der Waals surface area contributed by atoms with Crippen molar-refractivity contribution in [2.24, 2.45) is 0 Å². The molecule has 1 aromatic rings. The molecule has 26 heavy (non-hydrogen) atoms. The van der Waals surface area contributed by atoms with Crippen LogP contribution in [0.15, 0.2) is 24.3 Å². The first-order chi connectivity index (χ1) is 12.4. The predicted octanol–water partition coefficient (Wildman–Crippen LogP) is 4.58. The summed E-state index contributed by atoms with van der Waals surface area (Å²) in [4.78, 5) is 26.8. The van der Waals surface area contributed by atoms with Gasteiger partial charge < -0.3 is 14.4 Å². The van der Waals surface area contributed by atoms with Gasteiger partial charge in [0, 0.05) is 14.0 Å². The zero-order valence-corrected chi connectivity index (χ0v) is 16.7. The Kier molecular flexibility index (Phi) is 5.54. The van der Waals surface area contributed by atoms with Crippen molar-refractivity contribution in [2.75, 3.05) is 6.54 Å². The normalized spacial score (nSPS) is 19.7. The first kappa shape index (κ1) is 18.7. The number of amides is 1. The lowest BCUT2D eigenvalue weighted by molar-refractivity contribution is 0.00682. The Morgan fingerprint density at radius 1 is 1.12 bits per heavy atom. The van der Waals surface area contributed by atoms with Gasteiger partial charge in [0.25, 0.3) is 0 Å². The summed E-state index contributed by atoms with van der Waals surface area (Å²) in [5.41, 5.74) is -0.246. The number of hydrogen-bond donors (Lipinski definition) is 0. The van der Waals surface area contributed by atoms with Gasteiger partial charge in [0.2, 0.25) is 0 Å². The largest absolute Gasteiger partial charge is 0.456 e. The van der Waals surface area contributed by atoms with Gasteiger partial charge in [-0.05, 0) is 72.4 Å². The molecule has 1 heterocycles. The van der Waals surface area contributed by atoms with Crippen LogP contribution in [-0.2, 0) is 15.9 Å². The van der Waals surface area contributed by atoms with E-state index in [1.807, 2.05) is 41.5 Å². The molecule has 0 bridgehead atoms. The lowest BCUT2D eigenvalue weighted by atomic mass is 9.98. The molecule has 1 amide bonds. The second-order valence-corrected chi connectivity index (χ2v) is 8.64. The zero-order chi connectivity index (χ0) is 20.4. The van der Waals surface area contributed by atoms with Crippen LogP contribution in [0.2, 0.25) is 0 Å². The molecule has 5 nitrogen and oxygen atoms in total. The summed E-state index contributed by atoms with van der Waals surface area (Å²) in [6, 6.07) is 6.68. The molecular formula is C21H31NO4. The van der Waals surface area contributed by atoms with Crippen LogP contribution in [0.1, 0.15) is 71.7 Å². The van der Waals surface area contributed by atoms with Gasteiger partial charge in [-0.3, -0.25) is 0 Å². The molecule has 0 aliphatic carbocycles. The lowest BCUT2D eigenvalue weighted by Gasteiger charge is -2.29. The molecule has 5 heteroatoms. The average molecular weight is 362 g/mol. The summed E-state index contributed by atoms with van der Waals surface area (Å²) in [6.07, 6.45) is 0.366. The molecule has 0 aromatic heterocycles. The summed E-state index contributed by atoms with van der Waals surface area (Å²) < 4.78 is 19.8. The molecule has 0 saturated carbocycles. The summed E-state index contributed by atoms with van der Waals surface area (Å²) in [7, 11) is 0. The quantitative estimate of drug-likeness (QED) is 0.738. The van der Waals surface area contributed by atoms with Crippen molar-refractivity contribution in [1.29, 1.82) is 0 Å². The van der Waals surface area contributed by atoms with Crippen LogP contribution >= 0.6 is 0 Å². The van der Waals surface area contributed by atoms with Crippen molar-refractivity contribution in [1.82, 2.24) is 4.90 Å². The van der Waals surface area contributed by atoms with Crippen LogP contribution in [0.25, 0.3) is 0 Å². The average Bonchev–Trinajstić information content (AvgIpc) is 3.00. The number of ether oxygens (including phenoxy) is 2. The number of benzene rings is 1. The van der Waals surface area contributed by atoms with E-state index in [9.17, 15) is 9.59 Å². The van der Waals surface area contributed by atoms with Crippen LogP contribution < -0.4 is 0 Å². The van der Waals surface area contributed by atoms with Gasteiger partial charge in [-0.2, -0.15) is 0 Å². The van der Waals surface area contributed by atoms with Crippen molar-refractivity contribution < 1.29 is 20.4 Å². The summed E-state index contributed by atoms with van der Waals surface area (Å²) >= 11 is 0. The molecule has 1 saturated heterocycles. The Morgan fingerprint density at radius 3 is 2.35 bits per heavy atom. The fourth-order valence-corrected chi connectivity index (χ4v) is 2.88. The van der Waals surface area contributed by atoms with Gasteiger partial charge in [0.15, 0.2) is 0 Å². The maximum absolute atomic E-state index is 12.6. The SMILES string of the molecule is [2H][C@@H](c1ccccc1C(=O)OC(C)(C)C)[C@H]1CCCN1C(=O)OC(C)(C)C. The van der Waals surface area contributed by atoms with Crippen LogP contribution in [0, 0.1) is 0 Å². The number of nitrogens with zero attached hydrogens (tertiary/aromatic N) is 1. The summed E-state index contributed by atoms with van der Waals surface area (Å²) in [5.74, 6) is -0.447. The molecule has 0 radical (unpaired) electrons. The minimum absolute atomic E-state index is 0.330. The van der Waals surface area contributed by atoms with Crippen LogP contribution in [0.4, 0.5) is 4.79 Å². The standard InChI is InChI=1S/C21H31NO4/c1-20(2,3)25-18(23)17-12-8-7-10-15(17)14-16-11-9-13-22(16)19(24)26-21(4,5)6/h7-8,10,12,16H,9,11,13-14H2,1-6H3/t16-/m1/s1/i14D/t14-,16+/m0. The molecule has 0 N–H and O–H groups in total. The first-order valence-corrected chi connectivity index (χ1v) is 9.13. The molecule has 1 aliphatic rings. The number of hydrogen-bond acceptors (Lipinski definition) is 4. The molecule has 0 spiro atoms. The van der Waals surface area contributed by atoms with E-state index in [1.165, 1.54) is 0 Å². The third-order valence-electron chi connectivity index (χ3n) is 3.88. The van der Waals surface area contributed by atoms with Gasteiger partial charge >= 0.3 is 12.1 Å². The molecule has 0 unspecified atom stereocenters. The summed E-state index contributed by atoms with van der Waals surface area (Å²) in [5, 5.41) is 0. The minimum Gasteiger partial charge on any atom is -0.456 e. The Morgan fingerprint density at radius 2 is 1.73 bits per heavy atom. The van der Waals surface area contributed by atoms with E-state index in [0.29, 0.717) is 24.1 Å². The number of likely N-dealkylation sites (tertiary alicyclic amines) is 1. The smallest absolute Gasteiger partial charge is 0.410 e. The monoisotopic (exact) mass is 362 g/mol. The van der Waals surface area contributed by atoms with Crippen molar-refractivity contribution in [3.05, 3.63) is 35.4 Å². The molecular weight excluding hydrogens is 330 g/mol. The first-order valence-electron chi connectivity index (χ1n) is 9.71. The van der Waals surface area contributed by atoms with E-state index < -0.39 is 29.7 Å². The molecule has 1 aliphatic heterocycles. The van der Waals surface area contributed by atoms with Crippen LogP contribution in [-0.4, -0.2) is 40.8 Å². The van der Waals surface area contributed by atoms with Crippen molar-refractivity contribution in [2.45, 2.75) is 78.0 Å². The predicted molar refractivity (Wildman–Crippen MR) is 101 cm³/mol. The van der Waals surface area contributed by atoms with E-state index in [-0.39, 0.29) is 6.04 Å². The van der Waals surface area contributed by atoms with Gasteiger partial charge in [-0.25, -0.2) is 9.59 Å². The molecule has 2 rings (SSSR count). The fraction of sp³-hybridized carbons (Fsp3) is 0.619. The van der Waals surface area contributed by atoms with Gasteiger partial charge in [-0.1, -0.05) is 18.2 Å². The highest BCUT2D eigenvalue weighted by Gasteiger charge is 2.33. The number of rotatable bonds is 3. The lowest BCUT2D eigenvalue weighted by Crippen LogP contribution is -2.40. The maximum Gasteiger partial charge on any atom is 0.410 e. The molecule has 144 valence electrons. The van der Waals surface area contributed by atoms with Crippen molar-refractivity contribution in [3.8, 4) is 0 Å². The van der Waals surface area contributed by atoms with Gasteiger partial charge in [0.1, 0.15) is 11.2 Å². The number of carbonyl (C=O) groups is 2. The maximum atomic E-state index is 12.6.